The minimum atomic E-state index is 0.463. The van der Waals surface area contributed by atoms with Gasteiger partial charge < -0.3 is 10.1 Å². The predicted molar refractivity (Wildman–Crippen MR) is 64.7 cm³/mol. The molecule has 2 nitrogen and oxygen atoms in total. The average Bonchev–Trinajstić information content (AvgIpc) is 2.65. The lowest BCUT2D eigenvalue weighted by Crippen LogP contribution is -2.22. The van der Waals surface area contributed by atoms with Crippen LogP contribution in [0.1, 0.15) is 24.9 Å². The quantitative estimate of drug-likeness (QED) is 0.851. The van der Waals surface area contributed by atoms with Crippen LogP contribution in [-0.4, -0.2) is 19.4 Å². The van der Waals surface area contributed by atoms with Gasteiger partial charge >= 0.3 is 0 Å². The van der Waals surface area contributed by atoms with Crippen LogP contribution in [-0.2, 0) is 0 Å². The number of benzene rings is 1. The van der Waals surface area contributed by atoms with Crippen molar-refractivity contribution in [3.8, 4) is 5.75 Å². The molecule has 2 unspecified atom stereocenters. The molecule has 15 heavy (non-hydrogen) atoms. The van der Waals surface area contributed by atoms with Crippen molar-refractivity contribution in [3.63, 3.8) is 0 Å². The molecule has 2 atom stereocenters. The highest BCUT2D eigenvalue weighted by atomic mass is 32.2. The van der Waals surface area contributed by atoms with Gasteiger partial charge in [-0.1, -0.05) is 6.92 Å². The van der Waals surface area contributed by atoms with E-state index in [9.17, 15) is 0 Å². The molecule has 2 rings (SSSR count). The Morgan fingerprint density at radius 2 is 2.27 bits per heavy atom. The molecule has 0 radical (unpaired) electrons. The maximum Gasteiger partial charge on any atom is 0.119 e. The minimum Gasteiger partial charge on any atom is -0.497 e. The molecule has 0 saturated heterocycles. The first-order valence-electron chi connectivity index (χ1n) is 5.32. The van der Waals surface area contributed by atoms with E-state index in [2.05, 4.69) is 24.4 Å². The number of hydrogen-bond donors (Lipinski definition) is 1. The second-order valence-corrected chi connectivity index (χ2v) is 5.02. The fourth-order valence-corrected chi connectivity index (χ4v) is 3.48. The maximum atomic E-state index is 5.26. The Morgan fingerprint density at radius 3 is 2.87 bits per heavy atom. The first-order chi connectivity index (χ1) is 7.30. The summed E-state index contributed by atoms with van der Waals surface area (Å²) >= 11 is 1.97. The Hall–Kier alpha value is -0.670. The predicted octanol–water partition coefficient (Wildman–Crippen LogP) is 2.84. The van der Waals surface area contributed by atoms with Crippen LogP contribution in [0.2, 0.25) is 0 Å². The molecule has 3 heteroatoms. The van der Waals surface area contributed by atoms with Crippen molar-refractivity contribution in [2.24, 2.45) is 0 Å². The molecule has 0 aliphatic carbocycles. The summed E-state index contributed by atoms with van der Waals surface area (Å²) in [6, 6.07) is 6.82. The molecule has 0 fully saturated rings. The van der Waals surface area contributed by atoms with Crippen LogP contribution in [0, 0.1) is 0 Å². The van der Waals surface area contributed by atoms with Crippen LogP contribution in [0.4, 0.5) is 0 Å². The molecule has 0 spiro atoms. The highest BCUT2D eigenvalue weighted by Gasteiger charge is 2.31. The maximum absolute atomic E-state index is 5.26. The summed E-state index contributed by atoms with van der Waals surface area (Å²) in [6.45, 7) is 2.24. The van der Waals surface area contributed by atoms with Crippen molar-refractivity contribution in [2.75, 3.05) is 14.2 Å². The number of methoxy groups -OCH3 is 1. The van der Waals surface area contributed by atoms with Crippen molar-refractivity contribution in [1.29, 1.82) is 0 Å². The van der Waals surface area contributed by atoms with Gasteiger partial charge in [-0.2, -0.15) is 0 Å². The van der Waals surface area contributed by atoms with Crippen molar-refractivity contribution in [2.45, 2.75) is 29.5 Å². The minimum absolute atomic E-state index is 0.463. The molecule has 0 bridgehead atoms. The second kappa shape index (κ2) is 4.45. The Morgan fingerprint density at radius 1 is 1.47 bits per heavy atom. The summed E-state index contributed by atoms with van der Waals surface area (Å²) in [5.41, 5.74) is 1.38. The van der Waals surface area contributed by atoms with E-state index in [4.69, 9.17) is 4.74 Å². The van der Waals surface area contributed by atoms with Crippen LogP contribution in [0.3, 0.4) is 0 Å². The lowest BCUT2D eigenvalue weighted by molar-refractivity contribution is 0.412. The van der Waals surface area contributed by atoms with E-state index in [1.165, 1.54) is 16.9 Å². The molecule has 0 amide bonds. The third-order valence-electron chi connectivity index (χ3n) is 2.92. The molecule has 1 aliphatic heterocycles. The van der Waals surface area contributed by atoms with Gasteiger partial charge in [-0.3, -0.25) is 0 Å². The second-order valence-electron chi connectivity index (χ2n) is 3.73. The summed E-state index contributed by atoms with van der Waals surface area (Å²) < 4.78 is 5.26. The van der Waals surface area contributed by atoms with Gasteiger partial charge in [0.25, 0.3) is 0 Å². The van der Waals surface area contributed by atoms with Gasteiger partial charge in [-0.25, -0.2) is 0 Å². The molecule has 1 aromatic carbocycles. The van der Waals surface area contributed by atoms with E-state index in [-0.39, 0.29) is 0 Å². The fraction of sp³-hybridized carbons (Fsp3) is 0.500. The van der Waals surface area contributed by atoms with E-state index in [0.29, 0.717) is 11.3 Å². The highest BCUT2D eigenvalue weighted by Crippen LogP contribution is 2.46. The van der Waals surface area contributed by atoms with Crippen LogP contribution >= 0.6 is 11.8 Å². The van der Waals surface area contributed by atoms with E-state index in [1.807, 2.05) is 24.9 Å². The van der Waals surface area contributed by atoms with Gasteiger partial charge in [-0.15, -0.1) is 11.8 Å². The van der Waals surface area contributed by atoms with Gasteiger partial charge in [-0.05, 0) is 37.2 Å². The van der Waals surface area contributed by atoms with Crippen LogP contribution in [0.5, 0.6) is 5.75 Å². The van der Waals surface area contributed by atoms with Gasteiger partial charge in [0.05, 0.1) is 7.11 Å². The summed E-state index contributed by atoms with van der Waals surface area (Å²) in [4.78, 5) is 1.39. The Kier molecular flexibility index (Phi) is 3.22. The standard InChI is InChI=1S/C12H17NOS/c1-4-10-12(13-2)9-7-8(14-3)5-6-11(9)15-10/h5-7,10,12-13H,4H2,1-3H3. The number of fused-ring (bicyclic) bond motifs is 1. The van der Waals surface area contributed by atoms with E-state index >= 15 is 0 Å². The lowest BCUT2D eigenvalue weighted by Gasteiger charge is -2.17. The van der Waals surface area contributed by atoms with Gasteiger partial charge in [0.15, 0.2) is 0 Å². The van der Waals surface area contributed by atoms with Gasteiger partial charge in [0.2, 0.25) is 0 Å². The highest BCUT2D eigenvalue weighted by molar-refractivity contribution is 8.00. The summed E-state index contributed by atoms with van der Waals surface area (Å²) in [5.74, 6) is 0.950. The normalized spacial score (nSPS) is 23.9. The average molecular weight is 223 g/mol. The first-order valence-corrected chi connectivity index (χ1v) is 6.20. The van der Waals surface area contributed by atoms with Crippen LogP contribution in [0.25, 0.3) is 0 Å². The summed E-state index contributed by atoms with van der Waals surface area (Å²) in [7, 11) is 3.75. The number of rotatable bonds is 3. The van der Waals surface area contributed by atoms with E-state index in [0.717, 1.165) is 5.75 Å². The number of nitrogens with one attached hydrogen (secondary N) is 1. The smallest absolute Gasteiger partial charge is 0.119 e. The Labute approximate surface area is 95.4 Å². The zero-order valence-electron chi connectivity index (χ0n) is 9.41. The molecule has 1 N–H and O–H groups in total. The van der Waals surface area contributed by atoms with Crippen molar-refractivity contribution < 1.29 is 4.74 Å². The van der Waals surface area contributed by atoms with Crippen molar-refractivity contribution in [1.82, 2.24) is 5.32 Å². The molecule has 0 aromatic heterocycles. The molecule has 1 heterocycles. The van der Waals surface area contributed by atoms with Crippen LogP contribution < -0.4 is 10.1 Å². The van der Waals surface area contributed by atoms with Crippen LogP contribution in [0.15, 0.2) is 23.1 Å². The molecule has 1 aliphatic rings. The summed E-state index contributed by atoms with van der Waals surface area (Å²) in [6.07, 6.45) is 1.19. The van der Waals surface area contributed by atoms with Gasteiger partial charge in [0.1, 0.15) is 5.75 Å². The first kappa shape index (κ1) is 10.8. The largest absolute Gasteiger partial charge is 0.497 e. The van der Waals surface area contributed by atoms with E-state index in [1.54, 1.807) is 7.11 Å². The Balaban J connectivity index is 2.36. The third kappa shape index (κ3) is 1.86. The third-order valence-corrected chi connectivity index (χ3v) is 4.45. The Bertz CT molecular complexity index is 353. The molecule has 0 saturated carbocycles. The van der Waals surface area contributed by atoms with Crippen molar-refractivity contribution in [3.05, 3.63) is 23.8 Å². The number of hydrogen-bond acceptors (Lipinski definition) is 3. The zero-order valence-corrected chi connectivity index (χ0v) is 10.2. The molecular formula is C12H17NOS. The zero-order chi connectivity index (χ0) is 10.8. The van der Waals surface area contributed by atoms with E-state index < -0.39 is 0 Å². The number of ether oxygens (including phenoxy) is 1. The molecular weight excluding hydrogens is 206 g/mol. The molecule has 82 valence electrons. The van der Waals surface area contributed by atoms with Crippen molar-refractivity contribution >= 4 is 11.8 Å². The lowest BCUT2D eigenvalue weighted by atomic mass is 10.0. The summed E-state index contributed by atoms with van der Waals surface area (Å²) in [5, 5.41) is 4.05. The molecule has 1 aromatic rings. The monoisotopic (exact) mass is 223 g/mol. The van der Waals surface area contributed by atoms with Gasteiger partial charge in [0, 0.05) is 16.2 Å². The fourth-order valence-electron chi connectivity index (χ4n) is 2.10. The topological polar surface area (TPSA) is 21.3 Å². The SMILES string of the molecule is CCC1Sc2ccc(OC)cc2C1NC. The number of thioether (sulfide) groups is 1.